The molecule has 2 rings (SSSR count). The van der Waals surface area contributed by atoms with Gasteiger partial charge in [-0.2, -0.15) is 0 Å². The lowest BCUT2D eigenvalue weighted by Gasteiger charge is -2.11. The van der Waals surface area contributed by atoms with Gasteiger partial charge in [-0.05, 0) is 18.2 Å². The third-order valence-corrected chi connectivity index (χ3v) is 3.53. The summed E-state index contributed by atoms with van der Waals surface area (Å²) in [5.74, 6) is -0.990. The van der Waals surface area contributed by atoms with Crippen molar-refractivity contribution in [3.8, 4) is 11.5 Å². The van der Waals surface area contributed by atoms with E-state index in [0.29, 0.717) is 10.8 Å². The molecule has 0 aliphatic rings. The van der Waals surface area contributed by atoms with Gasteiger partial charge in [-0.25, -0.2) is 4.79 Å². The summed E-state index contributed by atoms with van der Waals surface area (Å²) in [6.45, 7) is -0.983. The van der Waals surface area contributed by atoms with Gasteiger partial charge in [0, 0.05) is 6.07 Å². The highest BCUT2D eigenvalue weighted by molar-refractivity contribution is 6.32. The van der Waals surface area contributed by atoms with Gasteiger partial charge in [0.2, 0.25) is 0 Å². The molecule has 142 valence electrons. The number of hydrogen-bond donors (Lipinski definition) is 1. The average molecular weight is 395 g/mol. The number of carbonyl (C=O) groups excluding carboxylic acids is 2. The number of hydrogen-bond acceptors (Lipinski definition) is 7. The number of anilines is 1. The van der Waals surface area contributed by atoms with E-state index in [4.69, 9.17) is 25.8 Å². The number of amides is 1. The predicted molar refractivity (Wildman–Crippen MR) is 96.2 cm³/mol. The standard InChI is InChI=1S/C17H15ClN2O7/c1-25-15-8-11(20(23)24)6-7-13(15)19-16(21)9-27-17(22)10-26-14-5-3-2-4-12(14)18/h2-8H,9-10H2,1H3,(H,19,21). The quantitative estimate of drug-likeness (QED) is 0.415. The number of esters is 1. The SMILES string of the molecule is COc1cc([N+](=O)[O-])ccc1NC(=O)COC(=O)COc1ccccc1Cl. The summed E-state index contributed by atoms with van der Waals surface area (Å²) in [6.07, 6.45) is 0. The molecule has 10 heteroatoms. The zero-order valence-electron chi connectivity index (χ0n) is 14.1. The van der Waals surface area contributed by atoms with Crippen LogP contribution in [0.4, 0.5) is 11.4 Å². The van der Waals surface area contributed by atoms with Gasteiger partial charge in [0.15, 0.2) is 13.2 Å². The Bertz CT molecular complexity index is 857. The van der Waals surface area contributed by atoms with Gasteiger partial charge in [-0.3, -0.25) is 14.9 Å². The molecular formula is C17H15ClN2O7. The van der Waals surface area contributed by atoms with Crippen LogP contribution in [-0.2, 0) is 14.3 Å². The minimum atomic E-state index is -0.763. The van der Waals surface area contributed by atoms with E-state index >= 15 is 0 Å². The monoisotopic (exact) mass is 394 g/mol. The number of non-ortho nitro benzene ring substituents is 1. The van der Waals surface area contributed by atoms with Crippen LogP contribution in [0, 0.1) is 10.1 Å². The third-order valence-electron chi connectivity index (χ3n) is 3.22. The topological polar surface area (TPSA) is 117 Å². The normalized spacial score (nSPS) is 10.0. The Morgan fingerprint density at radius 2 is 1.89 bits per heavy atom. The average Bonchev–Trinajstić information content (AvgIpc) is 2.65. The number of nitrogens with zero attached hydrogens (tertiary/aromatic N) is 1. The first kappa shape index (κ1) is 20.0. The fourth-order valence-electron chi connectivity index (χ4n) is 1.97. The van der Waals surface area contributed by atoms with E-state index in [2.05, 4.69) is 5.32 Å². The molecule has 9 nitrogen and oxygen atoms in total. The van der Waals surface area contributed by atoms with E-state index in [0.717, 1.165) is 0 Å². The Kier molecular flexibility index (Phi) is 6.95. The molecule has 2 aromatic carbocycles. The van der Waals surface area contributed by atoms with E-state index < -0.39 is 30.0 Å². The van der Waals surface area contributed by atoms with Crippen molar-refractivity contribution < 1.29 is 28.7 Å². The fourth-order valence-corrected chi connectivity index (χ4v) is 2.16. The molecule has 0 aliphatic carbocycles. The molecule has 0 radical (unpaired) electrons. The number of para-hydroxylation sites is 1. The van der Waals surface area contributed by atoms with Crippen molar-refractivity contribution in [1.82, 2.24) is 0 Å². The molecule has 0 saturated carbocycles. The molecule has 0 aliphatic heterocycles. The van der Waals surface area contributed by atoms with Crippen LogP contribution in [0.3, 0.4) is 0 Å². The van der Waals surface area contributed by atoms with Crippen LogP contribution in [0.15, 0.2) is 42.5 Å². The van der Waals surface area contributed by atoms with Crippen molar-refractivity contribution >= 4 is 34.9 Å². The molecule has 0 unspecified atom stereocenters. The molecule has 0 atom stereocenters. The van der Waals surface area contributed by atoms with Crippen molar-refractivity contribution in [2.24, 2.45) is 0 Å². The van der Waals surface area contributed by atoms with Gasteiger partial charge in [0.25, 0.3) is 11.6 Å². The Morgan fingerprint density at radius 1 is 1.15 bits per heavy atom. The number of ether oxygens (including phenoxy) is 3. The van der Waals surface area contributed by atoms with E-state index in [1.54, 1.807) is 24.3 Å². The van der Waals surface area contributed by atoms with E-state index in [1.165, 1.54) is 25.3 Å². The molecule has 1 N–H and O–H groups in total. The molecule has 27 heavy (non-hydrogen) atoms. The number of halogens is 1. The molecule has 0 fully saturated rings. The maximum Gasteiger partial charge on any atom is 0.344 e. The number of rotatable bonds is 8. The summed E-state index contributed by atoms with van der Waals surface area (Å²) in [6, 6.07) is 10.3. The molecular weight excluding hydrogens is 380 g/mol. The van der Waals surface area contributed by atoms with Crippen LogP contribution in [0.25, 0.3) is 0 Å². The summed E-state index contributed by atoms with van der Waals surface area (Å²) in [5, 5.41) is 13.5. The summed E-state index contributed by atoms with van der Waals surface area (Å²) in [5.41, 5.74) is 0.0180. The predicted octanol–water partition coefficient (Wildman–Crippen LogP) is 2.82. The van der Waals surface area contributed by atoms with Crippen LogP contribution >= 0.6 is 11.6 Å². The lowest BCUT2D eigenvalue weighted by atomic mass is 10.2. The smallest absolute Gasteiger partial charge is 0.344 e. The second-order valence-electron chi connectivity index (χ2n) is 5.07. The number of methoxy groups -OCH3 is 1. The first-order valence-electron chi connectivity index (χ1n) is 7.56. The zero-order valence-corrected chi connectivity index (χ0v) is 14.9. The van der Waals surface area contributed by atoms with Gasteiger partial charge in [-0.15, -0.1) is 0 Å². The summed E-state index contributed by atoms with van der Waals surface area (Å²) < 4.78 is 15.0. The van der Waals surface area contributed by atoms with Crippen molar-refractivity contribution in [2.45, 2.75) is 0 Å². The van der Waals surface area contributed by atoms with E-state index in [9.17, 15) is 19.7 Å². The Hall–Kier alpha value is -3.33. The van der Waals surface area contributed by atoms with Crippen LogP contribution in [0.2, 0.25) is 5.02 Å². The number of nitro benzene ring substituents is 1. The Balaban J connectivity index is 1.84. The highest BCUT2D eigenvalue weighted by Gasteiger charge is 2.15. The number of nitro groups is 1. The molecule has 2 aromatic rings. The van der Waals surface area contributed by atoms with Gasteiger partial charge in [-0.1, -0.05) is 23.7 Å². The van der Waals surface area contributed by atoms with E-state index in [1.807, 2.05) is 0 Å². The van der Waals surface area contributed by atoms with Crippen LogP contribution < -0.4 is 14.8 Å². The van der Waals surface area contributed by atoms with Crippen LogP contribution in [0.5, 0.6) is 11.5 Å². The summed E-state index contributed by atoms with van der Waals surface area (Å²) >= 11 is 5.89. The molecule has 0 aromatic heterocycles. The van der Waals surface area contributed by atoms with Gasteiger partial charge in [0.05, 0.1) is 28.8 Å². The van der Waals surface area contributed by atoms with Gasteiger partial charge < -0.3 is 19.5 Å². The van der Waals surface area contributed by atoms with Crippen LogP contribution in [0.1, 0.15) is 0 Å². The maximum atomic E-state index is 11.9. The van der Waals surface area contributed by atoms with Gasteiger partial charge >= 0.3 is 5.97 Å². The third kappa shape index (κ3) is 5.86. The minimum absolute atomic E-state index is 0.103. The van der Waals surface area contributed by atoms with Crippen molar-refractivity contribution in [2.75, 3.05) is 25.6 Å². The summed E-state index contributed by atoms with van der Waals surface area (Å²) in [4.78, 5) is 33.7. The van der Waals surface area contributed by atoms with Crippen LogP contribution in [-0.4, -0.2) is 37.1 Å². The fraction of sp³-hybridized carbons (Fsp3) is 0.176. The summed E-state index contributed by atoms with van der Waals surface area (Å²) in [7, 11) is 1.31. The number of carbonyl (C=O) groups is 2. The van der Waals surface area contributed by atoms with E-state index in [-0.39, 0.29) is 17.1 Å². The van der Waals surface area contributed by atoms with Crippen molar-refractivity contribution in [1.29, 1.82) is 0 Å². The molecule has 0 bridgehead atoms. The number of benzene rings is 2. The highest BCUT2D eigenvalue weighted by atomic mass is 35.5. The zero-order chi connectivity index (χ0) is 19.8. The van der Waals surface area contributed by atoms with Gasteiger partial charge in [0.1, 0.15) is 11.5 Å². The first-order valence-corrected chi connectivity index (χ1v) is 7.93. The largest absolute Gasteiger partial charge is 0.494 e. The molecule has 0 spiro atoms. The van der Waals surface area contributed by atoms with Crippen molar-refractivity contribution in [3.05, 3.63) is 57.6 Å². The Morgan fingerprint density at radius 3 is 2.56 bits per heavy atom. The number of nitrogens with one attached hydrogen (secondary N) is 1. The second kappa shape index (κ2) is 9.39. The lowest BCUT2D eigenvalue weighted by Crippen LogP contribution is -2.23. The lowest BCUT2D eigenvalue weighted by molar-refractivity contribution is -0.384. The minimum Gasteiger partial charge on any atom is -0.494 e. The molecule has 0 heterocycles. The maximum absolute atomic E-state index is 11.9. The molecule has 1 amide bonds. The van der Waals surface area contributed by atoms with Crippen molar-refractivity contribution in [3.63, 3.8) is 0 Å². The molecule has 0 saturated heterocycles. The Labute approximate surface area is 158 Å². The second-order valence-corrected chi connectivity index (χ2v) is 5.48. The first-order chi connectivity index (χ1) is 12.9. The highest BCUT2D eigenvalue weighted by Crippen LogP contribution is 2.29.